The Balaban J connectivity index is 1.88. The van der Waals surface area contributed by atoms with Gasteiger partial charge in [-0.3, -0.25) is 0 Å². The summed E-state index contributed by atoms with van der Waals surface area (Å²) in [4.78, 5) is 4.15. The second-order valence-corrected chi connectivity index (χ2v) is 8.09. The van der Waals surface area contributed by atoms with E-state index in [-0.39, 0.29) is 23.7 Å². The van der Waals surface area contributed by atoms with E-state index in [1.54, 1.807) is 0 Å². The van der Waals surface area contributed by atoms with Crippen molar-refractivity contribution in [2.24, 2.45) is 5.92 Å². The number of rotatable bonds is 7. The number of likely N-dealkylation sites (N-methyl/N-ethyl adjacent to an activating group) is 1. The molecule has 1 heterocycles. The molecule has 0 saturated heterocycles. The number of nitrogens with one attached hydrogen (secondary N) is 2. The van der Waals surface area contributed by atoms with Gasteiger partial charge < -0.3 is 9.84 Å². The van der Waals surface area contributed by atoms with Gasteiger partial charge in [-0.15, -0.1) is 0 Å². The third-order valence-electron chi connectivity index (χ3n) is 4.17. The molecule has 0 aromatic carbocycles. The van der Waals surface area contributed by atoms with E-state index in [0.29, 0.717) is 18.2 Å². The molecule has 2 N–H and O–H groups in total. The summed E-state index contributed by atoms with van der Waals surface area (Å²) in [6.07, 6.45) is 4.54. The van der Waals surface area contributed by atoms with Gasteiger partial charge in [-0.1, -0.05) is 12.1 Å². The monoisotopic (exact) mass is 330 g/mol. The van der Waals surface area contributed by atoms with Gasteiger partial charge in [0.25, 0.3) is 0 Å². The van der Waals surface area contributed by atoms with Gasteiger partial charge in [0.15, 0.2) is 5.82 Å². The lowest BCUT2D eigenvalue weighted by Gasteiger charge is -2.26. The summed E-state index contributed by atoms with van der Waals surface area (Å²) in [5.41, 5.74) is 0. The molecule has 1 saturated carbocycles. The predicted molar refractivity (Wildman–Crippen MR) is 83.7 cm³/mol. The first-order chi connectivity index (χ1) is 10.4. The summed E-state index contributed by atoms with van der Waals surface area (Å²) in [7, 11) is -1.58. The number of hydrogen-bond acceptors (Lipinski definition) is 6. The van der Waals surface area contributed by atoms with Crippen LogP contribution in [0.1, 0.15) is 51.2 Å². The average Bonchev–Trinajstić information content (AvgIpc) is 2.87. The van der Waals surface area contributed by atoms with Crippen LogP contribution in [0.3, 0.4) is 0 Å². The van der Waals surface area contributed by atoms with Crippen LogP contribution in [0.25, 0.3) is 0 Å². The minimum Gasteiger partial charge on any atom is -0.338 e. The molecule has 0 radical (unpaired) electrons. The summed E-state index contributed by atoms with van der Waals surface area (Å²) in [5.74, 6) is 1.11. The summed E-state index contributed by atoms with van der Waals surface area (Å²) in [5, 5.41) is 6.90. The van der Waals surface area contributed by atoms with E-state index in [0.717, 1.165) is 25.7 Å². The van der Waals surface area contributed by atoms with Gasteiger partial charge in [0.05, 0.1) is 0 Å². The van der Waals surface area contributed by atoms with Crippen LogP contribution in [-0.4, -0.2) is 37.7 Å². The van der Waals surface area contributed by atoms with Crippen molar-refractivity contribution in [3.63, 3.8) is 0 Å². The second kappa shape index (κ2) is 7.52. The highest BCUT2D eigenvalue weighted by Gasteiger charge is 2.25. The fourth-order valence-corrected chi connectivity index (χ4v) is 3.91. The zero-order valence-electron chi connectivity index (χ0n) is 13.5. The Labute approximate surface area is 132 Å². The minimum absolute atomic E-state index is 0.0351. The first-order valence-corrected chi connectivity index (χ1v) is 9.52. The molecule has 0 amide bonds. The molecule has 1 atom stereocenters. The van der Waals surface area contributed by atoms with Crippen LogP contribution >= 0.6 is 0 Å². The first-order valence-electron chi connectivity index (χ1n) is 7.86. The quantitative estimate of drug-likeness (QED) is 0.780. The maximum Gasteiger partial charge on any atom is 0.243 e. The molecule has 7 nitrogen and oxygen atoms in total. The molecule has 2 rings (SSSR count). The van der Waals surface area contributed by atoms with E-state index in [4.69, 9.17) is 4.52 Å². The molecule has 1 aliphatic rings. The normalized spacial score (nSPS) is 24.3. The Kier molecular flexibility index (Phi) is 5.94. The van der Waals surface area contributed by atoms with Crippen LogP contribution in [0.2, 0.25) is 0 Å². The number of hydrogen-bond donors (Lipinski definition) is 2. The highest BCUT2D eigenvalue weighted by molar-refractivity contribution is 7.88. The number of aromatic nitrogens is 2. The minimum atomic E-state index is -3.43. The van der Waals surface area contributed by atoms with Crippen molar-refractivity contribution in [1.29, 1.82) is 0 Å². The van der Waals surface area contributed by atoms with Crippen LogP contribution in [0.15, 0.2) is 4.52 Å². The zero-order valence-corrected chi connectivity index (χ0v) is 14.3. The van der Waals surface area contributed by atoms with E-state index in [2.05, 4.69) is 27.1 Å². The summed E-state index contributed by atoms with van der Waals surface area (Å²) in [6.45, 7) is 4.20. The molecule has 0 bridgehead atoms. The van der Waals surface area contributed by atoms with Crippen LogP contribution in [0.5, 0.6) is 0 Å². The smallest absolute Gasteiger partial charge is 0.243 e. The van der Waals surface area contributed by atoms with Gasteiger partial charge in [-0.2, -0.15) is 4.98 Å². The molecule has 1 fully saturated rings. The van der Waals surface area contributed by atoms with Crippen LogP contribution in [-0.2, 0) is 22.2 Å². The molecule has 126 valence electrons. The predicted octanol–water partition coefficient (Wildman–Crippen LogP) is 1.22. The Morgan fingerprint density at radius 1 is 1.32 bits per heavy atom. The second-order valence-electron chi connectivity index (χ2n) is 6.33. The lowest BCUT2D eigenvalue weighted by molar-refractivity contribution is 0.331. The van der Waals surface area contributed by atoms with E-state index in [1.165, 1.54) is 0 Å². The third kappa shape index (κ3) is 5.33. The average molecular weight is 330 g/mol. The maximum absolute atomic E-state index is 12.2. The van der Waals surface area contributed by atoms with Crippen molar-refractivity contribution >= 4 is 10.0 Å². The lowest BCUT2D eigenvalue weighted by Crippen LogP contribution is -2.38. The Morgan fingerprint density at radius 2 is 2.00 bits per heavy atom. The van der Waals surface area contributed by atoms with Crippen LogP contribution in [0, 0.1) is 5.92 Å². The van der Waals surface area contributed by atoms with Gasteiger partial charge in [-0.25, -0.2) is 13.1 Å². The standard InChI is InChI=1S/C14H26N4O3S/c1-10-4-6-12(7-5-10)18-22(19,20)9-14-16-13(17-21-14)8-11(2)15-3/h10-12,15,18H,4-9H2,1-3H3. The molecule has 1 unspecified atom stereocenters. The topological polar surface area (TPSA) is 97.1 Å². The Hall–Kier alpha value is -0.990. The van der Waals surface area contributed by atoms with Gasteiger partial charge in [0.2, 0.25) is 15.9 Å². The molecule has 1 aromatic heterocycles. The van der Waals surface area contributed by atoms with E-state index in [9.17, 15) is 8.42 Å². The van der Waals surface area contributed by atoms with Gasteiger partial charge in [-0.05, 0) is 45.6 Å². The number of nitrogens with zero attached hydrogens (tertiary/aromatic N) is 2. The van der Waals surface area contributed by atoms with Gasteiger partial charge in [0, 0.05) is 18.5 Å². The zero-order chi connectivity index (χ0) is 16.2. The summed E-state index contributed by atoms with van der Waals surface area (Å²) < 4.78 is 32.2. The van der Waals surface area contributed by atoms with Crippen molar-refractivity contribution in [1.82, 2.24) is 20.2 Å². The van der Waals surface area contributed by atoms with Crippen LogP contribution < -0.4 is 10.0 Å². The van der Waals surface area contributed by atoms with Gasteiger partial charge in [0.1, 0.15) is 5.75 Å². The summed E-state index contributed by atoms with van der Waals surface area (Å²) in [6, 6.07) is 0.248. The third-order valence-corrected chi connectivity index (χ3v) is 5.49. The number of sulfonamides is 1. The molecule has 0 spiro atoms. The summed E-state index contributed by atoms with van der Waals surface area (Å²) >= 11 is 0. The van der Waals surface area contributed by atoms with E-state index < -0.39 is 10.0 Å². The van der Waals surface area contributed by atoms with E-state index in [1.807, 2.05) is 14.0 Å². The first kappa shape index (κ1) is 17.4. The van der Waals surface area contributed by atoms with Crippen molar-refractivity contribution in [3.05, 3.63) is 11.7 Å². The van der Waals surface area contributed by atoms with E-state index >= 15 is 0 Å². The maximum atomic E-state index is 12.2. The highest BCUT2D eigenvalue weighted by Crippen LogP contribution is 2.24. The molecule has 22 heavy (non-hydrogen) atoms. The molecule has 1 aliphatic carbocycles. The van der Waals surface area contributed by atoms with Crippen LogP contribution in [0.4, 0.5) is 0 Å². The Bertz CT molecular complexity index is 564. The van der Waals surface area contributed by atoms with Gasteiger partial charge >= 0.3 is 0 Å². The fraction of sp³-hybridized carbons (Fsp3) is 0.857. The largest absolute Gasteiger partial charge is 0.338 e. The fourth-order valence-electron chi connectivity index (χ4n) is 2.64. The van der Waals surface area contributed by atoms with Crippen molar-refractivity contribution in [3.8, 4) is 0 Å². The van der Waals surface area contributed by atoms with Crippen molar-refractivity contribution in [2.75, 3.05) is 7.05 Å². The van der Waals surface area contributed by atoms with Crippen molar-refractivity contribution in [2.45, 2.75) is 63.8 Å². The molecule has 0 aliphatic heterocycles. The SMILES string of the molecule is CNC(C)Cc1noc(CS(=O)(=O)NC2CCC(C)CC2)n1. The molecular weight excluding hydrogens is 304 g/mol. The molecule has 1 aromatic rings. The molecule has 8 heteroatoms. The molecular formula is C14H26N4O3S. The lowest BCUT2D eigenvalue weighted by atomic mass is 9.88. The Morgan fingerprint density at radius 3 is 2.64 bits per heavy atom. The highest BCUT2D eigenvalue weighted by atomic mass is 32.2. The van der Waals surface area contributed by atoms with Crippen molar-refractivity contribution < 1.29 is 12.9 Å².